The summed E-state index contributed by atoms with van der Waals surface area (Å²) in [5.41, 5.74) is 3.10. The van der Waals surface area contributed by atoms with Gasteiger partial charge >= 0.3 is 6.18 Å². The molecule has 3 aromatic rings. The third-order valence-electron chi connectivity index (χ3n) is 6.04. The minimum atomic E-state index is -4.64. The molecule has 9 heteroatoms. The quantitative estimate of drug-likeness (QED) is 0.419. The lowest BCUT2D eigenvalue weighted by molar-refractivity contribution is -0.137. The van der Waals surface area contributed by atoms with Crippen LogP contribution < -0.4 is 5.32 Å². The summed E-state index contributed by atoms with van der Waals surface area (Å²) in [5.74, 6) is -1.70. The molecule has 1 fully saturated rings. The van der Waals surface area contributed by atoms with E-state index in [1.54, 1.807) is 5.51 Å². The third kappa shape index (κ3) is 5.25. The van der Waals surface area contributed by atoms with Crippen molar-refractivity contribution in [1.82, 2.24) is 4.98 Å². The molecule has 2 unspecified atom stereocenters. The summed E-state index contributed by atoms with van der Waals surface area (Å²) in [4.78, 5) is 17.8. The summed E-state index contributed by atoms with van der Waals surface area (Å²) in [6, 6.07) is 10.00. The summed E-state index contributed by atoms with van der Waals surface area (Å²) in [6.45, 7) is -0.0688. The van der Waals surface area contributed by atoms with Crippen molar-refractivity contribution in [3.63, 3.8) is 0 Å². The molecule has 4 rings (SSSR count). The summed E-state index contributed by atoms with van der Waals surface area (Å²) in [5, 5.41) is 11.9. The number of benzene rings is 2. The number of aromatic nitrogens is 1. The zero-order valence-corrected chi connectivity index (χ0v) is 18.3. The topological polar surface area (TPSA) is 62.2 Å². The normalized spacial score (nSPS) is 18.8. The zero-order valence-electron chi connectivity index (χ0n) is 17.5. The molecule has 174 valence electrons. The van der Waals surface area contributed by atoms with Crippen LogP contribution in [0.3, 0.4) is 0 Å². The number of hydrogen-bond donors (Lipinski definition) is 2. The van der Waals surface area contributed by atoms with Gasteiger partial charge in [-0.3, -0.25) is 4.79 Å². The standard InChI is InChI=1S/C24H22F4N2O2S/c25-19-11-18(24(26,27)28)8-9-20(19)30-23(32)17-3-1-2-16(10-17)14-4-6-15(7-5-14)22-21(12-31)33-13-29-22/h4-9,11,13,16-17,31H,1-3,10,12H2,(H,30,32). The lowest BCUT2D eigenvalue weighted by atomic mass is 9.77. The first-order chi connectivity index (χ1) is 15.8. The number of thiazole rings is 1. The van der Waals surface area contributed by atoms with Crippen LogP contribution in [-0.2, 0) is 17.6 Å². The van der Waals surface area contributed by atoms with E-state index in [-0.39, 0.29) is 30.0 Å². The van der Waals surface area contributed by atoms with Gasteiger partial charge in [0, 0.05) is 11.5 Å². The molecule has 1 saturated carbocycles. The van der Waals surface area contributed by atoms with Gasteiger partial charge in [0.15, 0.2) is 0 Å². The SMILES string of the molecule is O=C(Nc1ccc(C(F)(F)F)cc1F)C1CCCC(c2ccc(-c3ncsc3CO)cc2)C1. The van der Waals surface area contributed by atoms with Crippen molar-refractivity contribution >= 4 is 22.9 Å². The van der Waals surface area contributed by atoms with E-state index >= 15 is 0 Å². The van der Waals surface area contributed by atoms with Gasteiger partial charge < -0.3 is 10.4 Å². The Labute approximate surface area is 192 Å². The highest BCUT2D eigenvalue weighted by atomic mass is 32.1. The molecule has 0 aliphatic heterocycles. The molecule has 4 nitrogen and oxygen atoms in total. The van der Waals surface area contributed by atoms with E-state index in [0.29, 0.717) is 18.9 Å². The summed E-state index contributed by atoms with van der Waals surface area (Å²) < 4.78 is 52.3. The lowest BCUT2D eigenvalue weighted by Crippen LogP contribution is -2.28. The van der Waals surface area contributed by atoms with Crippen LogP contribution in [0.25, 0.3) is 11.3 Å². The van der Waals surface area contributed by atoms with E-state index in [4.69, 9.17) is 0 Å². The van der Waals surface area contributed by atoms with Crippen molar-refractivity contribution < 1.29 is 27.5 Å². The molecule has 0 spiro atoms. The number of carbonyl (C=O) groups is 1. The second-order valence-electron chi connectivity index (χ2n) is 8.15. The van der Waals surface area contributed by atoms with Gasteiger partial charge in [0.05, 0.1) is 33.9 Å². The highest BCUT2D eigenvalue weighted by molar-refractivity contribution is 7.10. The molecule has 33 heavy (non-hydrogen) atoms. The fourth-order valence-corrected chi connectivity index (χ4v) is 4.93. The molecule has 1 amide bonds. The number of nitrogens with one attached hydrogen (secondary N) is 1. The predicted octanol–water partition coefficient (Wildman–Crippen LogP) is 6.37. The molecule has 2 atom stereocenters. The Hall–Kier alpha value is -2.78. The van der Waals surface area contributed by atoms with Gasteiger partial charge in [0.25, 0.3) is 0 Å². The number of halogens is 4. The van der Waals surface area contributed by atoms with Crippen molar-refractivity contribution in [3.05, 3.63) is 69.8 Å². The molecule has 2 aromatic carbocycles. The second kappa shape index (κ2) is 9.61. The lowest BCUT2D eigenvalue weighted by Gasteiger charge is -2.29. The smallest absolute Gasteiger partial charge is 0.391 e. The number of anilines is 1. The van der Waals surface area contributed by atoms with E-state index in [9.17, 15) is 27.5 Å². The number of nitrogens with zero attached hydrogens (tertiary/aromatic N) is 1. The Morgan fingerprint density at radius 2 is 1.91 bits per heavy atom. The maximum atomic E-state index is 14.1. The summed E-state index contributed by atoms with van der Waals surface area (Å²) >= 11 is 1.40. The first-order valence-electron chi connectivity index (χ1n) is 10.6. The number of alkyl halides is 3. The predicted molar refractivity (Wildman–Crippen MR) is 118 cm³/mol. The fourth-order valence-electron chi connectivity index (χ4n) is 4.29. The molecule has 0 saturated heterocycles. The Morgan fingerprint density at radius 3 is 2.58 bits per heavy atom. The number of carbonyl (C=O) groups excluding carboxylic acids is 1. The average molecular weight is 479 g/mol. The third-order valence-corrected chi connectivity index (χ3v) is 6.86. The number of aliphatic hydroxyl groups is 1. The zero-order chi connectivity index (χ0) is 23.6. The van der Waals surface area contributed by atoms with Crippen LogP contribution in [0, 0.1) is 11.7 Å². The van der Waals surface area contributed by atoms with Crippen molar-refractivity contribution in [2.45, 2.75) is 44.4 Å². The van der Waals surface area contributed by atoms with Crippen LogP contribution in [0.15, 0.2) is 48.0 Å². The molecule has 1 aliphatic rings. The first-order valence-corrected chi connectivity index (χ1v) is 11.5. The number of rotatable bonds is 5. The Bertz CT molecular complexity index is 1130. The Kier molecular flexibility index (Phi) is 6.81. The molecule has 0 bridgehead atoms. The Morgan fingerprint density at radius 1 is 1.15 bits per heavy atom. The highest BCUT2D eigenvalue weighted by Gasteiger charge is 2.32. The minimum Gasteiger partial charge on any atom is -0.391 e. The van der Waals surface area contributed by atoms with Crippen LogP contribution in [0.2, 0.25) is 0 Å². The van der Waals surface area contributed by atoms with Gasteiger partial charge in [0.1, 0.15) is 5.82 Å². The molecule has 1 aliphatic carbocycles. The van der Waals surface area contributed by atoms with Gasteiger partial charge in [0.2, 0.25) is 5.91 Å². The van der Waals surface area contributed by atoms with Crippen LogP contribution in [-0.4, -0.2) is 16.0 Å². The van der Waals surface area contributed by atoms with Gasteiger partial charge in [-0.15, -0.1) is 11.3 Å². The van der Waals surface area contributed by atoms with Crippen LogP contribution in [0.4, 0.5) is 23.2 Å². The second-order valence-corrected chi connectivity index (χ2v) is 9.09. The summed E-state index contributed by atoms with van der Waals surface area (Å²) in [6.07, 6.45) is -1.70. The number of hydrogen-bond acceptors (Lipinski definition) is 4. The summed E-state index contributed by atoms with van der Waals surface area (Å²) in [7, 11) is 0. The van der Waals surface area contributed by atoms with E-state index in [0.717, 1.165) is 46.7 Å². The molecule has 1 aromatic heterocycles. The fraction of sp³-hybridized carbons (Fsp3) is 0.333. The maximum absolute atomic E-state index is 14.1. The maximum Gasteiger partial charge on any atom is 0.416 e. The van der Waals surface area contributed by atoms with Crippen LogP contribution in [0.1, 0.15) is 47.6 Å². The van der Waals surface area contributed by atoms with E-state index in [2.05, 4.69) is 10.3 Å². The van der Waals surface area contributed by atoms with Crippen molar-refractivity contribution in [1.29, 1.82) is 0 Å². The number of aliphatic hydroxyl groups excluding tert-OH is 1. The molecule has 2 N–H and O–H groups in total. The Balaban J connectivity index is 1.43. The monoisotopic (exact) mass is 478 g/mol. The van der Waals surface area contributed by atoms with Crippen LogP contribution in [0.5, 0.6) is 0 Å². The average Bonchev–Trinajstić information content (AvgIpc) is 3.29. The number of amides is 1. The van der Waals surface area contributed by atoms with Crippen LogP contribution >= 0.6 is 11.3 Å². The molecular formula is C24H22F4N2O2S. The highest BCUT2D eigenvalue weighted by Crippen LogP contribution is 2.38. The van der Waals surface area contributed by atoms with Gasteiger partial charge in [-0.1, -0.05) is 30.7 Å². The van der Waals surface area contributed by atoms with Gasteiger partial charge in [-0.25, -0.2) is 9.37 Å². The van der Waals surface area contributed by atoms with Gasteiger partial charge in [-0.2, -0.15) is 13.2 Å². The van der Waals surface area contributed by atoms with E-state index in [1.807, 2.05) is 24.3 Å². The van der Waals surface area contributed by atoms with Crippen molar-refractivity contribution in [2.75, 3.05) is 5.32 Å². The van der Waals surface area contributed by atoms with Crippen molar-refractivity contribution in [3.8, 4) is 11.3 Å². The van der Waals surface area contributed by atoms with Crippen molar-refractivity contribution in [2.24, 2.45) is 5.92 Å². The first kappa shape index (κ1) is 23.4. The van der Waals surface area contributed by atoms with E-state index in [1.165, 1.54) is 11.3 Å². The molecule has 0 radical (unpaired) electrons. The molecule has 1 heterocycles. The molecular weight excluding hydrogens is 456 g/mol. The van der Waals surface area contributed by atoms with E-state index < -0.39 is 17.6 Å². The van der Waals surface area contributed by atoms with Gasteiger partial charge in [-0.05, 0) is 48.9 Å². The largest absolute Gasteiger partial charge is 0.416 e. The minimum absolute atomic E-state index is 0.0688.